The van der Waals surface area contributed by atoms with E-state index >= 15 is 0 Å². The van der Waals surface area contributed by atoms with Crippen LogP contribution in [0.15, 0.2) is 0 Å². The highest BCUT2D eigenvalue weighted by Crippen LogP contribution is 2.22. The van der Waals surface area contributed by atoms with Crippen LogP contribution < -0.4 is 0 Å². The smallest absolute Gasteiger partial charge is 0.321 e. The van der Waals surface area contributed by atoms with Crippen molar-refractivity contribution in [2.75, 3.05) is 6.61 Å². The van der Waals surface area contributed by atoms with Gasteiger partial charge in [0.05, 0.1) is 6.61 Å². The topological polar surface area (TPSA) is 26.3 Å². The van der Waals surface area contributed by atoms with Crippen molar-refractivity contribution >= 4 is 18.6 Å². The molecule has 72 valence electrons. The van der Waals surface area contributed by atoms with Crippen molar-refractivity contribution in [3.8, 4) is 0 Å². The van der Waals surface area contributed by atoms with Crippen molar-refractivity contribution in [1.82, 2.24) is 0 Å². The maximum atomic E-state index is 11.3. The van der Waals surface area contributed by atoms with Crippen LogP contribution in [0.3, 0.4) is 0 Å². The molecule has 1 unspecified atom stereocenters. The van der Waals surface area contributed by atoms with E-state index in [1.807, 2.05) is 13.8 Å². The molecule has 0 aliphatic rings. The third-order valence-electron chi connectivity index (χ3n) is 1.73. The monoisotopic (exact) mass is 190 g/mol. The van der Waals surface area contributed by atoms with Gasteiger partial charge in [-0.3, -0.25) is 4.79 Å². The molecule has 0 radical (unpaired) electrons. The molecule has 3 heteroatoms. The van der Waals surface area contributed by atoms with E-state index in [0.29, 0.717) is 6.61 Å². The molecular weight excluding hydrogens is 172 g/mol. The molecule has 0 spiro atoms. The minimum atomic E-state index is -0.605. The Morgan fingerprint density at radius 1 is 1.50 bits per heavy atom. The minimum Gasteiger partial charge on any atom is -0.465 e. The number of carbonyl (C=O) groups excluding carboxylic acids is 1. The highest BCUT2D eigenvalue weighted by atomic mass is 32.1. The van der Waals surface area contributed by atoms with Gasteiger partial charge < -0.3 is 4.74 Å². The third kappa shape index (κ3) is 4.00. The van der Waals surface area contributed by atoms with Crippen LogP contribution in [0.2, 0.25) is 0 Å². The largest absolute Gasteiger partial charge is 0.465 e. The zero-order chi connectivity index (χ0) is 9.61. The average molecular weight is 190 g/mol. The van der Waals surface area contributed by atoms with E-state index < -0.39 is 4.75 Å². The predicted molar refractivity (Wildman–Crippen MR) is 53.5 cm³/mol. The highest BCUT2D eigenvalue weighted by Gasteiger charge is 2.29. The quantitative estimate of drug-likeness (QED) is 0.532. The van der Waals surface area contributed by atoms with Gasteiger partial charge in [-0.2, -0.15) is 12.6 Å². The molecule has 0 bridgehead atoms. The van der Waals surface area contributed by atoms with Crippen molar-refractivity contribution < 1.29 is 9.53 Å². The van der Waals surface area contributed by atoms with Crippen LogP contribution in [0.5, 0.6) is 0 Å². The molecule has 2 nitrogen and oxygen atoms in total. The number of hydrogen-bond donors (Lipinski definition) is 1. The zero-order valence-electron chi connectivity index (χ0n) is 8.09. The molecular formula is C9H18O2S. The van der Waals surface area contributed by atoms with Crippen LogP contribution in [-0.2, 0) is 9.53 Å². The predicted octanol–water partition coefficient (Wildman–Crippen LogP) is 2.43. The van der Waals surface area contributed by atoms with Gasteiger partial charge in [-0.15, -0.1) is 0 Å². The summed E-state index contributed by atoms with van der Waals surface area (Å²) in [5, 5.41) is 0. The summed E-state index contributed by atoms with van der Waals surface area (Å²) in [6.45, 7) is 6.14. The van der Waals surface area contributed by atoms with Crippen molar-refractivity contribution in [3.63, 3.8) is 0 Å². The normalized spacial score (nSPS) is 15.3. The van der Waals surface area contributed by atoms with Gasteiger partial charge in [0, 0.05) is 0 Å². The number of carbonyl (C=O) groups is 1. The first kappa shape index (κ1) is 11.8. The lowest BCUT2D eigenvalue weighted by atomic mass is 10.0. The second-order valence-electron chi connectivity index (χ2n) is 3.10. The Kier molecular flexibility index (Phi) is 5.38. The molecule has 0 amide bonds. The van der Waals surface area contributed by atoms with E-state index in [0.717, 1.165) is 19.3 Å². The number of ether oxygens (including phenoxy) is 1. The lowest BCUT2D eigenvalue weighted by Crippen LogP contribution is -2.31. The molecule has 0 rings (SSSR count). The molecule has 0 aromatic rings. The van der Waals surface area contributed by atoms with E-state index in [-0.39, 0.29) is 5.97 Å². The summed E-state index contributed by atoms with van der Waals surface area (Å²) in [5.41, 5.74) is 0. The molecule has 12 heavy (non-hydrogen) atoms. The summed E-state index contributed by atoms with van der Waals surface area (Å²) in [7, 11) is 0. The number of rotatable bonds is 5. The molecule has 0 saturated heterocycles. The first-order valence-electron chi connectivity index (χ1n) is 4.44. The van der Waals surface area contributed by atoms with Crippen molar-refractivity contribution in [2.24, 2.45) is 0 Å². The number of hydrogen-bond acceptors (Lipinski definition) is 3. The summed E-state index contributed by atoms with van der Waals surface area (Å²) in [4.78, 5) is 11.3. The van der Waals surface area contributed by atoms with E-state index in [4.69, 9.17) is 4.74 Å². The molecule has 1 atom stereocenters. The Hall–Kier alpha value is -0.180. The fourth-order valence-corrected chi connectivity index (χ4v) is 1.13. The van der Waals surface area contributed by atoms with Crippen LogP contribution in [0.25, 0.3) is 0 Å². The molecule has 0 aromatic carbocycles. The fourth-order valence-electron chi connectivity index (χ4n) is 0.910. The van der Waals surface area contributed by atoms with Gasteiger partial charge in [0.15, 0.2) is 0 Å². The third-order valence-corrected chi connectivity index (χ3v) is 2.14. The lowest BCUT2D eigenvalue weighted by Gasteiger charge is -2.20. The summed E-state index contributed by atoms with van der Waals surface area (Å²) >= 11 is 4.28. The second kappa shape index (κ2) is 5.46. The first-order chi connectivity index (χ1) is 5.54. The van der Waals surface area contributed by atoms with Gasteiger partial charge in [0.2, 0.25) is 0 Å². The van der Waals surface area contributed by atoms with Crippen molar-refractivity contribution in [3.05, 3.63) is 0 Å². The number of esters is 1. The molecule has 0 N–H and O–H groups in total. The SMILES string of the molecule is CCCCC(C)(S)C(=O)OCC. The molecule has 0 saturated carbocycles. The van der Waals surface area contributed by atoms with Crippen LogP contribution in [0, 0.1) is 0 Å². The van der Waals surface area contributed by atoms with Gasteiger partial charge in [0.1, 0.15) is 4.75 Å². The zero-order valence-corrected chi connectivity index (χ0v) is 8.99. The van der Waals surface area contributed by atoms with Gasteiger partial charge in [-0.05, 0) is 20.3 Å². The Morgan fingerprint density at radius 2 is 2.08 bits per heavy atom. The highest BCUT2D eigenvalue weighted by molar-refractivity contribution is 7.82. The molecule has 0 aliphatic heterocycles. The number of unbranched alkanes of at least 4 members (excludes halogenated alkanes) is 1. The molecule has 0 aromatic heterocycles. The Morgan fingerprint density at radius 3 is 2.50 bits per heavy atom. The summed E-state index contributed by atoms with van der Waals surface area (Å²) in [5.74, 6) is -0.207. The van der Waals surface area contributed by atoms with Crippen molar-refractivity contribution in [2.45, 2.75) is 44.8 Å². The Bertz CT molecular complexity index is 143. The van der Waals surface area contributed by atoms with E-state index in [9.17, 15) is 4.79 Å². The van der Waals surface area contributed by atoms with Crippen molar-refractivity contribution in [1.29, 1.82) is 0 Å². The average Bonchev–Trinajstić information content (AvgIpc) is 2.01. The van der Waals surface area contributed by atoms with Crippen LogP contribution >= 0.6 is 12.6 Å². The van der Waals surface area contributed by atoms with E-state index in [1.165, 1.54) is 0 Å². The number of thiol groups is 1. The molecule has 0 heterocycles. The second-order valence-corrected chi connectivity index (χ2v) is 4.08. The van der Waals surface area contributed by atoms with E-state index in [1.54, 1.807) is 0 Å². The van der Waals surface area contributed by atoms with Gasteiger partial charge in [0.25, 0.3) is 0 Å². The summed E-state index contributed by atoms with van der Waals surface area (Å²) < 4.78 is 4.28. The Labute approximate surface area is 80.1 Å². The minimum absolute atomic E-state index is 0.207. The standard InChI is InChI=1S/C9H18O2S/c1-4-6-7-9(3,12)8(10)11-5-2/h12H,4-7H2,1-3H3. The van der Waals surface area contributed by atoms with Crippen LogP contribution in [0.4, 0.5) is 0 Å². The molecule has 0 aliphatic carbocycles. The fraction of sp³-hybridized carbons (Fsp3) is 0.889. The van der Waals surface area contributed by atoms with Gasteiger partial charge >= 0.3 is 5.97 Å². The first-order valence-corrected chi connectivity index (χ1v) is 4.89. The summed E-state index contributed by atoms with van der Waals surface area (Å²) in [6, 6.07) is 0. The van der Waals surface area contributed by atoms with Gasteiger partial charge in [-0.25, -0.2) is 0 Å². The van der Waals surface area contributed by atoms with Crippen LogP contribution in [0.1, 0.15) is 40.0 Å². The maximum Gasteiger partial charge on any atom is 0.321 e. The van der Waals surface area contributed by atoms with E-state index in [2.05, 4.69) is 19.6 Å². The van der Waals surface area contributed by atoms with Gasteiger partial charge in [-0.1, -0.05) is 19.8 Å². The molecule has 0 fully saturated rings. The van der Waals surface area contributed by atoms with Crippen LogP contribution in [-0.4, -0.2) is 17.3 Å². The summed E-state index contributed by atoms with van der Waals surface area (Å²) in [6.07, 6.45) is 2.87. The lowest BCUT2D eigenvalue weighted by molar-refractivity contribution is -0.145. The Balaban J connectivity index is 3.90. The maximum absolute atomic E-state index is 11.3.